The number of hydrogen-bond acceptors (Lipinski definition) is 3. The van der Waals surface area contributed by atoms with Gasteiger partial charge in [-0.25, -0.2) is 12.8 Å². The van der Waals surface area contributed by atoms with Crippen molar-refractivity contribution in [1.82, 2.24) is 0 Å². The number of rotatable bonds is 4. The maximum absolute atomic E-state index is 13.8. The average Bonchev–Trinajstić information content (AvgIpc) is 2.38. The van der Waals surface area contributed by atoms with Gasteiger partial charge in [0.15, 0.2) is 0 Å². The third kappa shape index (κ3) is 3.20. The van der Waals surface area contributed by atoms with Crippen molar-refractivity contribution < 1.29 is 12.8 Å². The van der Waals surface area contributed by atoms with Crippen LogP contribution in [0.25, 0.3) is 0 Å². The lowest BCUT2D eigenvalue weighted by molar-refractivity contribution is 0.600. The lowest BCUT2D eigenvalue weighted by Crippen LogP contribution is -2.19. The van der Waals surface area contributed by atoms with Gasteiger partial charge in [-0.05, 0) is 30.7 Å². The van der Waals surface area contributed by atoms with Gasteiger partial charge < -0.3 is 5.73 Å². The first-order valence-electron chi connectivity index (χ1n) is 5.99. The van der Waals surface area contributed by atoms with Gasteiger partial charge in [-0.15, -0.1) is 0 Å². The van der Waals surface area contributed by atoms with Gasteiger partial charge in [-0.2, -0.15) is 0 Å². The van der Waals surface area contributed by atoms with Gasteiger partial charge in [-0.3, -0.25) is 4.72 Å². The lowest BCUT2D eigenvalue weighted by atomic mass is 10.2. The van der Waals surface area contributed by atoms with Crippen LogP contribution in [0.3, 0.4) is 0 Å². The van der Waals surface area contributed by atoms with Gasteiger partial charge in [0.05, 0.1) is 16.1 Å². The monoisotopic (exact) mass is 324 g/mol. The number of hydrogen-bond donors (Lipinski definition) is 2. The van der Waals surface area contributed by atoms with Gasteiger partial charge in [0.1, 0.15) is 10.8 Å². The highest BCUT2D eigenvalue weighted by Gasteiger charge is 2.20. The number of anilines is 1. The highest BCUT2D eigenvalue weighted by molar-refractivity contribution is 7.92. The first-order chi connectivity index (χ1) is 9.83. The molecule has 0 spiro atoms. The van der Waals surface area contributed by atoms with E-state index in [-0.39, 0.29) is 21.1 Å². The Labute approximate surface area is 127 Å². The van der Waals surface area contributed by atoms with E-state index in [1.165, 1.54) is 24.3 Å². The summed E-state index contributed by atoms with van der Waals surface area (Å²) in [5.74, 6) is -0.674. The maximum Gasteiger partial charge on any atom is 0.262 e. The number of thiocarbonyl (C=S) groups is 1. The molecule has 0 aromatic heterocycles. The normalized spacial score (nSPS) is 11.1. The Hall–Kier alpha value is -1.99. The van der Waals surface area contributed by atoms with Crippen LogP contribution < -0.4 is 10.5 Å². The van der Waals surface area contributed by atoms with E-state index in [0.29, 0.717) is 5.56 Å². The second-order valence-electron chi connectivity index (χ2n) is 4.40. The molecule has 7 heteroatoms. The zero-order valence-electron chi connectivity index (χ0n) is 11.1. The molecule has 21 heavy (non-hydrogen) atoms. The number of sulfonamides is 1. The van der Waals surface area contributed by atoms with E-state index in [9.17, 15) is 12.8 Å². The minimum Gasteiger partial charge on any atom is -0.389 e. The zero-order valence-corrected chi connectivity index (χ0v) is 12.8. The number of nitrogens with two attached hydrogens (primary N) is 1. The van der Waals surface area contributed by atoms with Crippen LogP contribution in [0.5, 0.6) is 0 Å². The zero-order chi connectivity index (χ0) is 15.6. The highest BCUT2D eigenvalue weighted by Crippen LogP contribution is 2.23. The van der Waals surface area contributed by atoms with E-state index < -0.39 is 15.8 Å². The summed E-state index contributed by atoms with van der Waals surface area (Å²) in [6, 6.07) is 10.4. The summed E-state index contributed by atoms with van der Waals surface area (Å²) in [6.45, 7) is 1.68. The van der Waals surface area contributed by atoms with Gasteiger partial charge in [-0.1, -0.05) is 36.5 Å². The Morgan fingerprint density at radius 2 is 1.86 bits per heavy atom. The van der Waals surface area contributed by atoms with Crippen LogP contribution in [-0.4, -0.2) is 13.4 Å². The van der Waals surface area contributed by atoms with Gasteiger partial charge in [0.25, 0.3) is 10.0 Å². The molecule has 3 N–H and O–H groups in total. The van der Waals surface area contributed by atoms with Gasteiger partial charge in [0.2, 0.25) is 0 Å². The van der Waals surface area contributed by atoms with E-state index >= 15 is 0 Å². The molecule has 110 valence electrons. The second-order valence-corrected chi connectivity index (χ2v) is 6.49. The van der Waals surface area contributed by atoms with E-state index in [4.69, 9.17) is 18.0 Å². The van der Waals surface area contributed by atoms with Crippen molar-refractivity contribution in [1.29, 1.82) is 0 Å². The van der Waals surface area contributed by atoms with Crippen molar-refractivity contribution in [2.24, 2.45) is 5.73 Å². The van der Waals surface area contributed by atoms with Crippen molar-refractivity contribution in [3.63, 3.8) is 0 Å². The number of benzene rings is 2. The number of nitrogens with one attached hydrogen (secondary N) is 1. The quantitative estimate of drug-likeness (QED) is 0.848. The molecule has 4 nitrogen and oxygen atoms in total. The smallest absolute Gasteiger partial charge is 0.262 e. The first kappa shape index (κ1) is 15.4. The lowest BCUT2D eigenvalue weighted by Gasteiger charge is -2.13. The molecule has 2 rings (SSSR count). The van der Waals surface area contributed by atoms with Gasteiger partial charge >= 0.3 is 0 Å². The fourth-order valence-electron chi connectivity index (χ4n) is 1.92. The van der Waals surface area contributed by atoms with E-state index in [0.717, 1.165) is 0 Å². The summed E-state index contributed by atoms with van der Waals surface area (Å²) in [7, 11) is -3.85. The third-order valence-corrected chi connectivity index (χ3v) is 4.62. The molecule has 0 aliphatic heterocycles. The fraction of sp³-hybridized carbons (Fsp3) is 0.0714. The molecule has 0 saturated carbocycles. The Bertz CT molecular complexity index is 804. The summed E-state index contributed by atoms with van der Waals surface area (Å²) in [6.07, 6.45) is 0. The molecular formula is C14H13FN2O2S2. The molecule has 2 aromatic rings. The average molecular weight is 324 g/mol. The van der Waals surface area contributed by atoms with Crippen molar-refractivity contribution in [3.05, 3.63) is 59.4 Å². The third-order valence-electron chi connectivity index (χ3n) is 2.89. The summed E-state index contributed by atoms with van der Waals surface area (Å²) in [4.78, 5) is -0.0984. The van der Waals surface area contributed by atoms with Crippen molar-refractivity contribution in [2.75, 3.05) is 4.72 Å². The molecule has 0 atom stereocenters. The molecule has 0 aliphatic rings. The Balaban J connectivity index is 2.50. The van der Waals surface area contributed by atoms with Crippen LogP contribution in [0, 0.1) is 12.7 Å². The van der Waals surface area contributed by atoms with E-state index in [2.05, 4.69) is 4.72 Å². The van der Waals surface area contributed by atoms with Crippen molar-refractivity contribution in [3.8, 4) is 0 Å². The maximum atomic E-state index is 13.8. The Morgan fingerprint density at radius 1 is 1.19 bits per heavy atom. The molecule has 0 radical (unpaired) electrons. The van der Waals surface area contributed by atoms with Crippen LogP contribution in [0.15, 0.2) is 47.4 Å². The highest BCUT2D eigenvalue weighted by atomic mass is 32.2. The molecular weight excluding hydrogens is 311 g/mol. The Kier molecular flexibility index (Phi) is 4.24. The predicted molar refractivity (Wildman–Crippen MR) is 84.3 cm³/mol. The summed E-state index contributed by atoms with van der Waals surface area (Å²) >= 11 is 4.77. The van der Waals surface area contributed by atoms with Crippen LogP contribution in [0.2, 0.25) is 0 Å². The first-order valence-corrected chi connectivity index (χ1v) is 7.89. The van der Waals surface area contributed by atoms with Crippen molar-refractivity contribution in [2.45, 2.75) is 11.8 Å². The summed E-state index contributed by atoms with van der Waals surface area (Å²) in [5.41, 5.74) is 5.94. The molecule has 0 fully saturated rings. The predicted octanol–water partition coefficient (Wildman–Crippen LogP) is 2.57. The fourth-order valence-corrected chi connectivity index (χ4v) is 3.44. The van der Waals surface area contributed by atoms with Crippen LogP contribution >= 0.6 is 12.2 Å². The summed E-state index contributed by atoms with van der Waals surface area (Å²) in [5, 5.41) is 0. The molecule has 2 aromatic carbocycles. The minimum absolute atomic E-state index is 0.0192. The molecule has 0 bridgehead atoms. The number of aryl methyl sites for hydroxylation is 1. The van der Waals surface area contributed by atoms with Crippen LogP contribution in [0.4, 0.5) is 10.1 Å². The minimum atomic E-state index is -3.85. The largest absolute Gasteiger partial charge is 0.389 e. The van der Waals surface area contributed by atoms with Gasteiger partial charge in [0, 0.05) is 0 Å². The van der Waals surface area contributed by atoms with Crippen LogP contribution in [0.1, 0.15) is 11.1 Å². The standard InChI is InChI=1S/C14H13FN2O2S2/c1-9-5-2-3-8-12(9)21(18,19)17-11-7-4-6-10(15)13(11)14(16)20/h2-8,17H,1H3,(H2,16,20). The SMILES string of the molecule is Cc1ccccc1S(=O)(=O)Nc1cccc(F)c1C(N)=S. The topological polar surface area (TPSA) is 72.2 Å². The molecule has 0 saturated heterocycles. The van der Waals surface area contributed by atoms with E-state index in [1.54, 1.807) is 25.1 Å². The Morgan fingerprint density at radius 3 is 2.48 bits per heavy atom. The second kappa shape index (κ2) is 5.79. The number of halogens is 1. The molecule has 0 unspecified atom stereocenters. The molecule has 0 heterocycles. The van der Waals surface area contributed by atoms with Crippen LogP contribution in [-0.2, 0) is 10.0 Å². The molecule has 0 amide bonds. The van der Waals surface area contributed by atoms with Crippen molar-refractivity contribution >= 4 is 32.9 Å². The van der Waals surface area contributed by atoms with E-state index in [1.807, 2.05) is 0 Å². The summed E-state index contributed by atoms with van der Waals surface area (Å²) < 4.78 is 40.9. The molecule has 0 aliphatic carbocycles.